The molecule has 0 aliphatic heterocycles. The molecule has 8 heteroatoms. The minimum absolute atomic E-state index is 0.0711. The topological polar surface area (TPSA) is 95.5 Å². The van der Waals surface area contributed by atoms with Gasteiger partial charge in [0.2, 0.25) is 0 Å². The van der Waals surface area contributed by atoms with Gasteiger partial charge in [-0.25, -0.2) is 0 Å². The van der Waals surface area contributed by atoms with Crippen molar-refractivity contribution < 1.29 is 14.8 Å². The summed E-state index contributed by atoms with van der Waals surface area (Å²) in [6, 6.07) is 5.39. The van der Waals surface area contributed by atoms with Crippen LogP contribution in [0.2, 0.25) is 0 Å². The van der Waals surface area contributed by atoms with Gasteiger partial charge in [0.25, 0.3) is 10.8 Å². The van der Waals surface area contributed by atoms with Gasteiger partial charge in [-0.2, -0.15) is 0 Å². The smallest absolute Gasteiger partial charge is 0.295 e. The van der Waals surface area contributed by atoms with Crippen molar-refractivity contribution in [3.63, 3.8) is 0 Å². The standard InChI is InChI=1S/C8H7BrN2O5/c9-5-8(16-11(14)15)6-1-3-7(4-2-6)10(12)13/h1-4,8H,5H2/t8-/m0/s1. The predicted octanol–water partition coefficient (Wildman–Crippen LogP) is 2.24. The second-order valence-corrected chi connectivity index (χ2v) is 3.47. The quantitative estimate of drug-likeness (QED) is 0.471. The summed E-state index contributed by atoms with van der Waals surface area (Å²) in [5.41, 5.74) is 0.428. The van der Waals surface area contributed by atoms with Crippen molar-refractivity contribution in [1.82, 2.24) is 0 Å². The largest absolute Gasteiger partial charge is 0.305 e. The molecular weight excluding hydrogens is 284 g/mol. The number of non-ortho nitro benzene ring substituents is 1. The first-order chi connectivity index (χ1) is 7.54. The maximum absolute atomic E-state index is 10.4. The summed E-state index contributed by atoms with van der Waals surface area (Å²) in [6.45, 7) is 0. The molecule has 0 saturated heterocycles. The van der Waals surface area contributed by atoms with Crippen LogP contribution in [0.5, 0.6) is 0 Å². The SMILES string of the molecule is O=[N+]([O-])O[C@@H](CBr)c1ccc([N+](=O)[O-])cc1. The van der Waals surface area contributed by atoms with Crippen LogP contribution in [0.3, 0.4) is 0 Å². The molecule has 1 rings (SSSR count). The summed E-state index contributed by atoms with van der Waals surface area (Å²) >= 11 is 3.07. The molecule has 16 heavy (non-hydrogen) atoms. The summed E-state index contributed by atoms with van der Waals surface area (Å²) in [5.74, 6) is 0. The van der Waals surface area contributed by atoms with Gasteiger partial charge < -0.3 is 4.84 Å². The van der Waals surface area contributed by atoms with Gasteiger partial charge in [0, 0.05) is 17.5 Å². The maximum atomic E-state index is 10.4. The van der Waals surface area contributed by atoms with Gasteiger partial charge in [0.1, 0.15) is 6.10 Å². The van der Waals surface area contributed by atoms with Gasteiger partial charge >= 0.3 is 0 Å². The van der Waals surface area contributed by atoms with Gasteiger partial charge in [-0.3, -0.25) is 10.1 Å². The highest BCUT2D eigenvalue weighted by molar-refractivity contribution is 9.09. The number of hydrogen-bond acceptors (Lipinski definition) is 5. The van der Waals surface area contributed by atoms with E-state index in [2.05, 4.69) is 20.8 Å². The van der Waals surface area contributed by atoms with Crippen LogP contribution in [0.4, 0.5) is 5.69 Å². The van der Waals surface area contributed by atoms with Crippen LogP contribution in [0.15, 0.2) is 24.3 Å². The van der Waals surface area contributed by atoms with E-state index >= 15 is 0 Å². The average Bonchev–Trinajstić information content (AvgIpc) is 2.25. The fourth-order valence-electron chi connectivity index (χ4n) is 1.09. The Labute approximate surface area is 98.4 Å². The summed E-state index contributed by atoms with van der Waals surface area (Å²) in [4.78, 5) is 24.4. The van der Waals surface area contributed by atoms with Gasteiger partial charge in [-0.15, -0.1) is 10.1 Å². The lowest BCUT2D eigenvalue weighted by molar-refractivity contribution is -0.769. The van der Waals surface area contributed by atoms with E-state index in [1.54, 1.807) is 0 Å². The Hall–Kier alpha value is -1.70. The normalized spacial score (nSPS) is 11.8. The third-order valence-corrected chi connectivity index (χ3v) is 2.42. The number of nitrogens with zero attached hydrogens (tertiary/aromatic N) is 2. The number of rotatable bonds is 5. The van der Waals surface area contributed by atoms with Gasteiger partial charge in [0.05, 0.1) is 4.92 Å². The van der Waals surface area contributed by atoms with Crippen molar-refractivity contribution >= 4 is 21.6 Å². The van der Waals surface area contributed by atoms with Crippen LogP contribution < -0.4 is 0 Å². The fraction of sp³-hybridized carbons (Fsp3) is 0.250. The fourth-order valence-corrected chi connectivity index (χ4v) is 1.58. The lowest BCUT2D eigenvalue weighted by atomic mass is 10.1. The molecule has 0 aliphatic carbocycles. The zero-order valence-electron chi connectivity index (χ0n) is 7.91. The molecule has 0 N–H and O–H groups in total. The maximum Gasteiger partial charge on any atom is 0.295 e. The van der Waals surface area contributed by atoms with Crippen molar-refractivity contribution in [3.8, 4) is 0 Å². The van der Waals surface area contributed by atoms with E-state index in [-0.39, 0.29) is 11.0 Å². The third kappa shape index (κ3) is 3.16. The summed E-state index contributed by atoms with van der Waals surface area (Å²) in [5, 5.41) is 19.9. The van der Waals surface area contributed by atoms with E-state index in [1.165, 1.54) is 24.3 Å². The van der Waals surface area contributed by atoms with Crippen LogP contribution >= 0.6 is 15.9 Å². The van der Waals surface area contributed by atoms with Crippen molar-refractivity contribution in [1.29, 1.82) is 0 Å². The molecule has 0 aromatic heterocycles. The Morgan fingerprint density at radius 1 is 1.25 bits per heavy atom. The highest BCUT2D eigenvalue weighted by Gasteiger charge is 2.15. The van der Waals surface area contributed by atoms with E-state index in [9.17, 15) is 20.2 Å². The molecule has 0 aliphatic rings. The number of halogens is 1. The lowest BCUT2D eigenvalue weighted by Gasteiger charge is -2.11. The zero-order chi connectivity index (χ0) is 12.1. The monoisotopic (exact) mass is 290 g/mol. The summed E-state index contributed by atoms with van der Waals surface area (Å²) < 4.78 is 0. The minimum atomic E-state index is -0.895. The summed E-state index contributed by atoms with van der Waals surface area (Å²) in [7, 11) is 0. The molecule has 0 unspecified atom stereocenters. The van der Waals surface area contributed by atoms with Crippen molar-refractivity contribution in [2.75, 3.05) is 5.33 Å². The number of alkyl halides is 1. The second kappa shape index (κ2) is 5.40. The van der Waals surface area contributed by atoms with Crippen LogP contribution in [0.25, 0.3) is 0 Å². The van der Waals surface area contributed by atoms with Gasteiger partial charge in [-0.1, -0.05) is 15.9 Å². The predicted molar refractivity (Wildman–Crippen MR) is 57.7 cm³/mol. The molecule has 0 radical (unpaired) electrons. The highest BCUT2D eigenvalue weighted by Crippen LogP contribution is 2.22. The number of nitro benzene ring substituents is 1. The van der Waals surface area contributed by atoms with E-state index in [1.807, 2.05) is 0 Å². The molecule has 0 bridgehead atoms. The van der Waals surface area contributed by atoms with E-state index in [0.717, 1.165) is 0 Å². The van der Waals surface area contributed by atoms with Gasteiger partial charge in [0.15, 0.2) is 0 Å². The Morgan fingerprint density at radius 3 is 2.19 bits per heavy atom. The Kier molecular flexibility index (Phi) is 4.18. The van der Waals surface area contributed by atoms with E-state index < -0.39 is 16.1 Å². The zero-order valence-corrected chi connectivity index (χ0v) is 9.49. The third-order valence-electron chi connectivity index (χ3n) is 1.83. The highest BCUT2D eigenvalue weighted by atomic mass is 79.9. The summed E-state index contributed by atoms with van der Waals surface area (Å²) in [6.07, 6.45) is -0.768. The molecule has 0 fully saturated rings. The van der Waals surface area contributed by atoms with Crippen LogP contribution in [-0.2, 0) is 4.84 Å². The van der Waals surface area contributed by atoms with E-state index in [4.69, 9.17) is 0 Å². The van der Waals surface area contributed by atoms with E-state index in [0.29, 0.717) is 5.56 Å². The average molecular weight is 291 g/mol. The number of hydrogen-bond donors (Lipinski definition) is 0. The first-order valence-electron chi connectivity index (χ1n) is 4.16. The molecule has 0 amide bonds. The van der Waals surface area contributed by atoms with Crippen LogP contribution in [0.1, 0.15) is 11.7 Å². The van der Waals surface area contributed by atoms with Crippen molar-refractivity contribution in [2.24, 2.45) is 0 Å². The molecular formula is C8H7BrN2O5. The van der Waals surface area contributed by atoms with Crippen molar-refractivity contribution in [3.05, 3.63) is 50.1 Å². The molecule has 0 spiro atoms. The lowest BCUT2D eigenvalue weighted by Crippen LogP contribution is -2.10. The minimum Gasteiger partial charge on any atom is -0.305 e. The van der Waals surface area contributed by atoms with Crippen LogP contribution in [0, 0.1) is 20.2 Å². The molecule has 1 aromatic carbocycles. The Morgan fingerprint density at radius 2 is 1.81 bits per heavy atom. The molecule has 7 nitrogen and oxygen atoms in total. The van der Waals surface area contributed by atoms with Gasteiger partial charge in [-0.05, 0) is 17.7 Å². The molecule has 1 atom stereocenters. The number of nitro groups is 1. The molecule has 86 valence electrons. The molecule has 0 saturated carbocycles. The first-order valence-corrected chi connectivity index (χ1v) is 5.28. The number of benzene rings is 1. The molecule has 0 heterocycles. The molecule has 1 aromatic rings. The Balaban J connectivity index is 2.86. The Bertz CT molecular complexity index is 394. The second-order valence-electron chi connectivity index (χ2n) is 2.82. The van der Waals surface area contributed by atoms with Crippen LogP contribution in [-0.4, -0.2) is 15.3 Å². The first kappa shape index (κ1) is 12.4. The van der Waals surface area contributed by atoms with Crippen molar-refractivity contribution in [2.45, 2.75) is 6.10 Å².